The van der Waals surface area contributed by atoms with Crippen molar-refractivity contribution in [2.45, 2.75) is 112 Å². The van der Waals surface area contributed by atoms with Crippen molar-refractivity contribution < 1.29 is 24.9 Å². The molecule has 2 aliphatic rings. The van der Waals surface area contributed by atoms with Gasteiger partial charge >= 0.3 is 0 Å². The van der Waals surface area contributed by atoms with E-state index < -0.39 is 22.7 Å². The van der Waals surface area contributed by atoms with Gasteiger partial charge in [0.1, 0.15) is 0 Å². The fourth-order valence-corrected chi connectivity index (χ4v) is 6.23. The summed E-state index contributed by atoms with van der Waals surface area (Å²) in [5, 5.41) is 32.3. The highest BCUT2D eigenvalue weighted by molar-refractivity contribution is 5.97. The molecule has 0 unspecified atom stereocenters. The van der Waals surface area contributed by atoms with Gasteiger partial charge in [0.2, 0.25) is 0 Å². The number of carbonyl (C=O) groups is 2. The summed E-state index contributed by atoms with van der Waals surface area (Å²) in [6.45, 7) is 18.9. The Morgan fingerprint density at radius 1 is 0.867 bits per heavy atom. The highest BCUT2D eigenvalue weighted by Gasteiger charge is 2.49. The van der Waals surface area contributed by atoms with Crippen molar-refractivity contribution in [1.82, 2.24) is 0 Å². The molecule has 0 amide bonds. The Morgan fingerprint density at radius 2 is 1.40 bits per heavy atom. The molecule has 0 aliphatic heterocycles. The van der Waals surface area contributed by atoms with Crippen LogP contribution in [0.2, 0.25) is 0 Å². The lowest BCUT2D eigenvalue weighted by molar-refractivity contribution is -0.132. The maximum absolute atomic E-state index is 12.9. The second-order valence-corrected chi connectivity index (χ2v) is 14.4. The molecule has 0 aromatic heterocycles. The number of Topliss-reactive ketones (excluding diaryl/α,β-unsaturated/α-hetero) is 1. The average molecular weight is 615 g/mol. The Morgan fingerprint density at radius 3 is 1.93 bits per heavy atom. The first-order valence-electron chi connectivity index (χ1n) is 15.8. The summed E-state index contributed by atoms with van der Waals surface area (Å²) < 4.78 is 0. The minimum atomic E-state index is -1.34. The maximum atomic E-state index is 12.9. The number of ketones is 2. The van der Waals surface area contributed by atoms with Gasteiger partial charge in [0.05, 0.1) is 17.3 Å². The van der Waals surface area contributed by atoms with Gasteiger partial charge in [0.15, 0.2) is 11.6 Å². The summed E-state index contributed by atoms with van der Waals surface area (Å²) in [6.07, 6.45) is 23.4. The average Bonchev–Trinajstić information content (AvgIpc) is 2.88. The van der Waals surface area contributed by atoms with Crippen LogP contribution in [-0.4, -0.2) is 44.2 Å². The van der Waals surface area contributed by atoms with E-state index in [1.54, 1.807) is 26.8 Å². The van der Waals surface area contributed by atoms with Gasteiger partial charge < -0.3 is 15.3 Å². The van der Waals surface area contributed by atoms with Crippen molar-refractivity contribution in [2.24, 2.45) is 10.8 Å². The third-order valence-electron chi connectivity index (χ3n) is 8.91. The molecule has 1 fully saturated rings. The van der Waals surface area contributed by atoms with E-state index in [2.05, 4.69) is 5.73 Å². The van der Waals surface area contributed by atoms with Crippen LogP contribution in [0, 0.1) is 10.8 Å². The fourth-order valence-electron chi connectivity index (χ4n) is 6.23. The quantitative estimate of drug-likeness (QED) is 0.131. The predicted octanol–water partition coefficient (Wildman–Crippen LogP) is 8.09. The van der Waals surface area contributed by atoms with Crippen LogP contribution in [0.3, 0.4) is 0 Å². The molecule has 0 spiro atoms. The monoisotopic (exact) mass is 614 g/mol. The number of rotatable bonds is 10. The van der Waals surface area contributed by atoms with E-state index in [9.17, 15) is 24.9 Å². The molecule has 5 nitrogen and oxygen atoms in total. The summed E-state index contributed by atoms with van der Waals surface area (Å²) >= 11 is 0. The van der Waals surface area contributed by atoms with Crippen molar-refractivity contribution >= 4 is 11.6 Å². The Hall–Kier alpha value is -3.34. The number of allylic oxidation sites excluding steroid dienone is 15. The Bertz CT molecular complexity index is 1440. The first-order valence-corrected chi connectivity index (χ1v) is 15.8. The molecule has 0 radical (unpaired) electrons. The Balaban J connectivity index is 1.98. The number of aliphatic hydroxyl groups excluding tert-OH is 1. The number of aliphatic hydroxyl groups is 3. The smallest absolute Gasteiger partial charge is 0.161 e. The molecule has 0 saturated heterocycles. The normalized spacial score (nSPS) is 28.2. The van der Waals surface area contributed by atoms with E-state index in [0.29, 0.717) is 24.0 Å². The SMILES string of the molecule is CC1=CC(=O)CC(C)(C)[C@@]1(O)CC(=O)/C(C)=C/C=C/C(C)=C/C=C/C=C(C)/C=C/C=C(\C)C=C=C1C(C)(C)C[C@H](O)C[C@@]1(C)O. The topological polar surface area (TPSA) is 94.8 Å². The third kappa shape index (κ3) is 10.6. The first-order chi connectivity index (χ1) is 20.7. The van der Waals surface area contributed by atoms with Crippen LogP contribution < -0.4 is 0 Å². The van der Waals surface area contributed by atoms with Crippen molar-refractivity contribution in [3.63, 3.8) is 0 Å². The van der Waals surface area contributed by atoms with Crippen LogP contribution >= 0.6 is 0 Å². The summed E-state index contributed by atoms with van der Waals surface area (Å²) in [6, 6.07) is 0. The van der Waals surface area contributed by atoms with E-state index in [1.165, 1.54) is 6.08 Å². The maximum Gasteiger partial charge on any atom is 0.161 e. The van der Waals surface area contributed by atoms with Gasteiger partial charge in [-0.2, -0.15) is 0 Å². The Labute approximate surface area is 271 Å². The van der Waals surface area contributed by atoms with E-state index in [1.807, 2.05) is 109 Å². The van der Waals surface area contributed by atoms with Gasteiger partial charge in [-0.05, 0) is 82.2 Å². The van der Waals surface area contributed by atoms with Gasteiger partial charge in [-0.15, -0.1) is 5.73 Å². The Kier molecular flexibility index (Phi) is 12.9. The second-order valence-electron chi connectivity index (χ2n) is 14.4. The van der Waals surface area contributed by atoms with E-state index in [4.69, 9.17) is 0 Å². The van der Waals surface area contributed by atoms with Crippen molar-refractivity contribution in [3.8, 4) is 0 Å². The molecule has 0 bridgehead atoms. The van der Waals surface area contributed by atoms with Gasteiger partial charge in [0.25, 0.3) is 0 Å². The molecule has 2 rings (SSSR count). The summed E-state index contributed by atoms with van der Waals surface area (Å²) in [4.78, 5) is 24.9. The number of hydrogen-bond acceptors (Lipinski definition) is 5. The minimum Gasteiger partial charge on any atom is -0.393 e. The highest BCUT2D eigenvalue weighted by Crippen LogP contribution is 2.46. The lowest BCUT2D eigenvalue weighted by Gasteiger charge is -2.45. The van der Waals surface area contributed by atoms with Crippen LogP contribution in [0.15, 0.2) is 112 Å². The van der Waals surface area contributed by atoms with Gasteiger partial charge in [-0.1, -0.05) is 99.6 Å². The molecule has 244 valence electrons. The van der Waals surface area contributed by atoms with E-state index in [-0.39, 0.29) is 29.8 Å². The summed E-state index contributed by atoms with van der Waals surface area (Å²) in [7, 11) is 0. The lowest BCUT2D eigenvalue weighted by atomic mass is 9.62. The molecule has 1 saturated carbocycles. The van der Waals surface area contributed by atoms with Crippen LogP contribution in [0.4, 0.5) is 0 Å². The summed E-state index contributed by atoms with van der Waals surface area (Å²) in [5.41, 5.74) is 4.88. The van der Waals surface area contributed by atoms with Crippen LogP contribution in [-0.2, 0) is 9.59 Å². The van der Waals surface area contributed by atoms with E-state index >= 15 is 0 Å². The highest BCUT2D eigenvalue weighted by atomic mass is 16.3. The molecule has 45 heavy (non-hydrogen) atoms. The van der Waals surface area contributed by atoms with E-state index in [0.717, 1.165) is 22.3 Å². The molecule has 3 atom stereocenters. The fraction of sp³-hybridized carbons (Fsp3) is 0.475. The van der Waals surface area contributed by atoms with Crippen molar-refractivity contribution in [1.29, 1.82) is 0 Å². The zero-order valence-corrected chi connectivity index (χ0v) is 29.0. The predicted molar refractivity (Wildman–Crippen MR) is 185 cm³/mol. The molecule has 0 heterocycles. The molecular weight excluding hydrogens is 560 g/mol. The largest absolute Gasteiger partial charge is 0.393 e. The lowest BCUT2D eigenvalue weighted by Crippen LogP contribution is -2.50. The number of hydrogen-bond donors (Lipinski definition) is 3. The number of carbonyl (C=O) groups excluding carboxylic acids is 2. The molecule has 2 aliphatic carbocycles. The minimum absolute atomic E-state index is 0.0212. The molecular formula is C40H54O5. The van der Waals surface area contributed by atoms with Gasteiger partial charge in [-0.3, -0.25) is 9.59 Å². The standard InChI is InChI=1S/C40H54O5/c1-28(17-13-18-30(3)21-22-36-37(6,7)24-34(42)26-39(36,10)44)15-11-12-16-29(2)19-14-20-31(4)35(43)27-40(45)32(5)23-33(41)25-38(40,8)9/h11-21,23,34,42,44-45H,24-27H2,1-10H3/b12-11+,17-13+,19-14+,28-15+,29-16+,30-18+,31-20+/t22?,34-,39+,40+/m0/s1. The van der Waals surface area contributed by atoms with Gasteiger partial charge in [0, 0.05) is 30.3 Å². The van der Waals surface area contributed by atoms with Crippen molar-refractivity contribution in [3.05, 3.63) is 112 Å². The molecule has 5 heteroatoms. The molecule has 0 aromatic rings. The molecule has 3 N–H and O–H groups in total. The van der Waals surface area contributed by atoms with Crippen LogP contribution in [0.5, 0.6) is 0 Å². The molecule has 0 aromatic carbocycles. The second kappa shape index (κ2) is 15.3. The van der Waals surface area contributed by atoms with Crippen LogP contribution in [0.25, 0.3) is 0 Å². The summed E-state index contributed by atoms with van der Waals surface area (Å²) in [5.74, 6) is -0.167. The zero-order valence-electron chi connectivity index (χ0n) is 29.0. The zero-order chi connectivity index (χ0) is 34.2. The van der Waals surface area contributed by atoms with Crippen molar-refractivity contribution in [2.75, 3.05) is 0 Å². The first kappa shape index (κ1) is 37.8. The van der Waals surface area contributed by atoms with Gasteiger partial charge in [-0.25, -0.2) is 0 Å². The third-order valence-corrected chi connectivity index (χ3v) is 8.91. The van der Waals surface area contributed by atoms with Crippen LogP contribution in [0.1, 0.15) is 94.9 Å².